The van der Waals surface area contributed by atoms with E-state index in [0.717, 1.165) is 53.4 Å². The van der Waals surface area contributed by atoms with Gasteiger partial charge in [-0.25, -0.2) is 4.98 Å². The van der Waals surface area contributed by atoms with E-state index in [1.165, 1.54) is 11.1 Å². The fourth-order valence-corrected chi connectivity index (χ4v) is 3.58. The summed E-state index contributed by atoms with van der Waals surface area (Å²) in [6.45, 7) is 7.26. The Morgan fingerprint density at radius 1 is 1.14 bits per heavy atom. The van der Waals surface area contributed by atoms with Crippen LogP contribution in [0.5, 0.6) is 5.75 Å². The zero-order chi connectivity index (χ0) is 20.4. The smallest absolute Gasteiger partial charge is 0.144 e. The first-order valence-electron chi connectivity index (χ1n) is 10.0. The number of hydrogen-bond donors (Lipinski definition) is 1. The number of aromatic nitrogens is 4. The molecule has 0 saturated heterocycles. The summed E-state index contributed by atoms with van der Waals surface area (Å²) in [5.74, 6) is 0.782. The molecule has 0 unspecified atom stereocenters. The van der Waals surface area contributed by atoms with Gasteiger partial charge in [0.15, 0.2) is 0 Å². The monoisotopic (exact) mass is 389 g/mol. The Bertz CT molecular complexity index is 1140. The van der Waals surface area contributed by atoms with Crippen LogP contribution in [0.25, 0.3) is 16.6 Å². The molecule has 150 valence electrons. The highest BCUT2D eigenvalue weighted by atomic mass is 16.5. The summed E-state index contributed by atoms with van der Waals surface area (Å²) in [6.07, 6.45) is 6.07. The molecule has 0 bridgehead atoms. The molecule has 2 aromatic heterocycles. The van der Waals surface area contributed by atoms with Gasteiger partial charge >= 0.3 is 0 Å². The third-order valence-electron chi connectivity index (χ3n) is 5.21. The fraction of sp³-hybridized carbons (Fsp3) is 0.304. The number of unbranched alkanes of at least 4 members (excludes halogenated alkanes) is 1. The van der Waals surface area contributed by atoms with Crippen LogP contribution in [-0.4, -0.2) is 26.4 Å². The van der Waals surface area contributed by atoms with Gasteiger partial charge < -0.3 is 14.6 Å². The van der Waals surface area contributed by atoms with Crippen molar-refractivity contribution in [3.63, 3.8) is 0 Å². The van der Waals surface area contributed by atoms with Gasteiger partial charge in [0.1, 0.15) is 11.3 Å². The van der Waals surface area contributed by atoms with E-state index in [1.807, 2.05) is 35.9 Å². The van der Waals surface area contributed by atoms with E-state index in [2.05, 4.69) is 47.0 Å². The highest BCUT2D eigenvalue weighted by Crippen LogP contribution is 2.31. The van der Waals surface area contributed by atoms with E-state index in [0.29, 0.717) is 0 Å². The number of benzene rings is 2. The molecule has 4 rings (SSSR count). The van der Waals surface area contributed by atoms with E-state index >= 15 is 0 Å². The lowest BCUT2D eigenvalue weighted by Crippen LogP contribution is -2.01. The van der Waals surface area contributed by atoms with Gasteiger partial charge in [0.05, 0.1) is 30.5 Å². The molecule has 0 radical (unpaired) electrons. The van der Waals surface area contributed by atoms with Crippen molar-refractivity contribution in [3.8, 4) is 11.4 Å². The fourth-order valence-electron chi connectivity index (χ4n) is 3.58. The first-order valence-corrected chi connectivity index (χ1v) is 10.0. The maximum atomic E-state index is 5.63. The molecule has 0 fully saturated rings. The maximum Gasteiger partial charge on any atom is 0.144 e. The van der Waals surface area contributed by atoms with Crippen molar-refractivity contribution in [2.75, 3.05) is 12.4 Å². The molecule has 0 atom stereocenters. The number of hydrogen-bond acceptors (Lipinski definition) is 4. The number of methoxy groups -OCH3 is 1. The SMILES string of the molecule is CCCCn1nc2c(Nc3ccc(-n4cnc(C)c4)c(OC)c3)cccc2c1C. The van der Waals surface area contributed by atoms with Crippen molar-refractivity contribution in [2.45, 2.75) is 40.2 Å². The minimum atomic E-state index is 0.782. The summed E-state index contributed by atoms with van der Waals surface area (Å²) in [7, 11) is 1.69. The van der Waals surface area contributed by atoms with Crippen molar-refractivity contribution in [1.82, 2.24) is 19.3 Å². The molecule has 0 aliphatic heterocycles. The molecular weight excluding hydrogens is 362 g/mol. The molecule has 29 heavy (non-hydrogen) atoms. The summed E-state index contributed by atoms with van der Waals surface area (Å²) < 4.78 is 9.72. The van der Waals surface area contributed by atoms with Gasteiger partial charge in [0.25, 0.3) is 0 Å². The molecule has 0 aliphatic carbocycles. The molecule has 0 aliphatic rings. The molecule has 2 heterocycles. The largest absolute Gasteiger partial charge is 0.494 e. The van der Waals surface area contributed by atoms with Gasteiger partial charge in [-0.05, 0) is 38.5 Å². The second kappa shape index (κ2) is 7.99. The van der Waals surface area contributed by atoms with Crippen LogP contribution < -0.4 is 10.1 Å². The zero-order valence-corrected chi connectivity index (χ0v) is 17.4. The van der Waals surface area contributed by atoms with E-state index < -0.39 is 0 Å². The number of fused-ring (bicyclic) bond motifs is 1. The van der Waals surface area contributed by atoms with Crippen molar-refractivity contribution < 1.29 is 4.74 Å². The van der Waals surface area contributed by atoms with E-state index in [1.54, 1.807) is 13.4 Å². The maximum absolute atomic E-state index is 5.63. The number of nitrogens with one attached hydrogen (secondary N) is 1. The third-order valence-corrected chi connectivity index (χ3v) is 5.21. The molecule has 2 aromatic carbocycles. The number of imidazole rings is 1. The number of ether oxygens (including phenoxy) is 1. The lowest BCUT2D eigenvalue weighted by Gasteiger charge is -2.13. The minimum Gasteiger partial charge on any atom is -0.494 e. The van der Waals surface area contributed by atoms with Gasteiger partial charge in [-0.3, -0.25) is 4.68 Å². The second-order valence-corrected chi connectivity index (χ2v) is 7.30. The molecule has 0 spiro atoms. The molecule has 0 amide bonds. The van der Waals surface area contributed by atoms with Gasteiger partial charge in [-0.15, -0.1) is 0 Å². The molecule has 6 heteroatoms. The van der Waals surface area contributed by atoms with E-state index in [4.69, 9.17) is 9.84 Å². The topological polar surface area (TPSA) is 56.9 Å². The lowest BCUT2D eigenvalue weighted by atomic mass is 10.1. The molecular formula is C23H27N5O. The van der Waals surface area contributed by atoms with Crippen LogP contribution in [0.4, 0.5) is 11.4 Å². The van der Waals surface area contributed by atoms with Crippen LogP contribution in [0.15, 0.2) is 48.9 Å². The third kappa shape index (κ3) is 3.70. The average molecular weight is 390 g/mol. The Labute approximate surface area is 171 Å². The Balaban J connectivity index is 1.68. The predicted octanol–water partition coefficient (Wildman–Crippen LogP) is 5.39. The Hall–Kier alpha value is -3.28. The standard InChI is InChI=1S/C23H27N5O/c1-5-6-12-28-17(3)19-8-7-9-20(23(19)26-28)25-18-10-11-21(22(13-18)29-4)27-14-16(2)24-15-27/h7-11,13-15,25H,5-6,12H2,1-4H3. The summed E-state index contributed by atoms with van der Waals surface area (Å²) in [4.78, 5) is 4.31. The van der Waals surface area contributed by atoms with Crippen LogP contribution >= 0.6 is 0 Å². The Morgan fingerprint density at radius 2 is 2.00 bits per heavy atom. The lowest BCUT2D eigenvalue weighted by molar-refractivity contribution is 0.413. The number of aryl methyl sites for hydroxylation is 3. The zero-order valence-electron chi connectivity index (χ0n) is 17.4. The summed E-state index contributed by atoms with van der Waals surface area (Å²) >= 11 is 0. The van der Waals surface area contributed by atoms with Gasteiger partial charge in [-0.1, -0.05) is 25.5 Å². The van der Waals surface area contributed by atoms with E-state index in [-0.39, 0.29) is 0 Å². The van der Waals surface area contributed by atoms with Crippen molar-refractivity contribution in [2.24, 2.45) is 0 Å². The highest BCUT2D eigenvalue weighted by molar-refractivity contribution is 5.94. The number of rotatable bonds is 7. The van der Waals surface area contributed by atoms with Gasteiger partial charge in [0.2, 0.25) is 0 Å². The first kappa shape index (κ1) is 19.1. The predicted molar refractivity (Wildman–Crippen MR) is 118 cm³/mol. The minimum absolute atomic E-state index is 0.782. The molecule has 4 aromatic rings. The molecule has 1 N–H and O–H groups in total. The normalized spacial score (nSPS) is 11.2. The summed E-state index contributed by atoms with van der Waals surface area (Å²) in [5.41, 5.74) is 6.08. The van der Waals surface area contributed by atoms with Crippen LogP contribution in [0.2, 0.25) is 0 Å². The van der Waals surface area contributed by atoms with Gasteiger partial charge in [-0.2, -0.15) is 5.10 Å². The Morgan fingerprint density at radius 3 is 2.72 bits per heavy atom. The van der Waals surface area contributed by atoms with Crippen LogP contribution in [0, 0.1) is 13.8 Å². The first-order chi connectivity index (χ1) is 14.1. The highest BCUT2D eigenvalue weighted by Gasteiger charge is 2.12. The van der Waals surface area contributed by atoms with Crippen LogP contribution in [0.3, 0.4) is 0 Å². The van der Waals surface area contributed by atoms with Crippen molar-refractivity contribution in [1.29, 1.82) is 0 Å². The number of anilines is 2. The summed E-state index contributed by atoms with van der Waals surface area (Å²) in [6, 6.07) is 12.4. The average Bonchev–Trinajstić information content (AvgIpc) is 3.30. The van der Waals surface area contributed by atoms with E-state index in [9.17, 15) is 0 Å². The van der Waals surface area contributed by atoms with Crippen LogP contribution in [-0.2, 0) is 6.54 Å². The number of nitrogens with zero attached hydrogens (tertiary/aromatic N) is 4. The molecule has 0 saturated carbocycles. The van der Waals surface area contributed by atoms with Crippen molar-refractivity contribution in [3.05, 3.63) is 60.3 Å². The van der Waals surface area contributed by atoms with Gasteiger partial charge in [0, 0.05) is 35.6 Å². The molecule has 6 nitrogen and oxygen atoms in total. The van der Waals surface area contributed by atoms with Crippen LogP contribution in [0.1, 0.15) is 31.2 Å². The van der Waals surface area contributed by atoms with Crippen molar-refractivity contribution >= 4 is 22.3 Å². The summed E-state index contributed by atoms with van der Waals surface area (Å²) in [5, 5.41) is 9.57. The second-order valence-electron chi connectivity index (χ2n) is 7.30. The quantitative estimate of drug-likeness (QED) is 0.460. The Kier molecular flexibility index (Phi) is 5.25.